The number of β-amino-alcohol motifs (C(OH)–C–C–N with tert-alkyl or cyclic N) is 2. The molecule has 2 atom stereocenters. The van der Waals surface area contributed by atoms with Gasteiger partial charge in [-0.05, 0) is 33.6 Å². The molecule has 1 aromatic carbocycles. The summed E-state index contributed by atoms with van der Waals surface area (Å²) in [5, 5.41) is 18.9. The minimum atomic E-state index is -0.628. The molecule has 0 unspecified atom stereocenters. The summed E-state index contributed by atoms with van der Waals surface area (Å²) in [5.41, 5.74) is 1.12. The monoisotopic (exact) mass is 301 g/mol. The van der Waals surface area contributed by atoms with Gasteiger partial charge in [-0.25, -0.2) is 0 Å². The first kappa shape index (κ1) is 12.8. The van der Waals surface area contributed by atoms with Crippen molar-refractivity contribution in [2.24, 2.45) is 0 Å². The number of benzene rings is 1. The van der Waals surface area contributed by atoms with E-state index in [1.807, 2.05) is 23.1 Å². The molecule has 1 heterocycles. The highest BCUT2D eigenvalue weighted by Gasteiger charge is 2.29. The molecule has 0 bridgehead atoms. The van der Waals surface area contributed by atoms with Crippen molar-refractivity contribution in [3.05, 3.63) is 28.2 Å². The molecule has 2 N–H and O–H groups in total. The van der Waals surface area contributed by atoms with Crippen molar-refractivity contribution in [3.63, 3.8) is 0 Å². The summed E-state index contributed by atoms with van der Waals surface area (Å²) in [5.74, 6) is 0.801. The number of rotatable bonds is 3. The quantitative estimate of drug-likeness (QED) is 0.874. The third-order valence-electron chi connectivity index (χ3n) is 2.96. The van der Waals surface area contributed by atoms with Crippen LogP contribution < -0.4 is 4.74 Å². The highest BCUT2D eigenvalue weighted by molar-refractivity contribution is 9.10. The smallest absolute Gasteiger partial charge is 0.133 e. The van der Waals surface area contributed by atoms with E-state index in [-0.39, 0.29) is 0 Å². The fraction of sp³-hybridized carbons (Fsp3) is 0.500. The van der Waals surface area contributed by atoms with Crippen LogP contribution in [0.25, 0.3) is 0 Å². The van der Waals surface area contributed by atoms with E-state index in [1.165, 1.54) is 0 Å². The lowest BCUT2D eigenvalue weighted by Crippen LogP contribution is -2.22. The van der Waals surface area contributed by atoms with Gasteiger partial charge in [-0.15, -0.1) is 0 Å². The highest BCUT2D eigenvalue weighted by Crippen LogP contribution is 2.26. The Bertz CT molecular complexity index is 389. The molecule has 1 aliphatic heterocycles. The summed E-state index contributed by atoms with van der Waals surface area (Å²) in [6, 6.07) is 5.89. The molecule has 0 spiro atoms. The maximum atomic E-state index is 9.46. The molecule has 5 heteroatoms. The van der Waals surface area contributed by atoms with Crippen LogP contribution in [0.1, 0.15) is 5.56 Å². The molecule has 0 amide bonds. The maximum Gasteiger partial charge on any atom is 0.133 e. The number of nitrogens with zero attached hydrogens (tertiary/aromatic N) is 1. The van der Waals surface area contributed by atoms with E-state index < -0.39 is 12.2 Å². The number of ether oxygens (including phenoxy) is 1. The SMILES string of the molecule is COc1ccc(CN2C[C@@H](O)[C@@H](O)C2)cc1Br. The van der Waals surface area contributed by atoms with Gasteiger partial charge in [0.2, 0.25) is 0 Å². The van der Waals surface area contributed by atoms with Crippen LogP contribution in [0.3, 0.4) is 0 Å². The van der Waals surface area contributed by atoms with Gasteiger partial charge in [0.25, 0.3) is 0 Å². The first-order valence-corrected chi connectivity index (χ1v) is 6.30. The predicted molar refractivity (Wildman–Crippen MR) is 68.0 cm³/mol. The number of halogens is 1. The third kappa shape index (κ3) is 2.98. The molecule has 0 aromatic heterocycles. The zero-order valence-electron chi connectivity index (χ0n) is 9.64. The number of methoxy groups -OCH3 is 1. The standard InChI is InChI=1S/C12H16BrNO3/c1-17-12-3-2-8(4-9(12)13)5-14-6-10(15)11(16)7-14/h2-4,10-11,15-16H,5-7H2,1H3/t10-,11+. The second-order valence-electron chi connectivity index (χ2n) is 4.30. The number of hydrogen-bond donors (Lipinski definition) is 2. The summed E-state index contributed by atoms with van der Waals surface area (Å²) in [4.78, 5) is 2.03. The lowest BCUT2D eigenvalue weighted by Gasteiger charge is -2.15. The van der Waals surface area contributed by atoms with Crippen molar-refractivity contribution in [3.8, 4) is 5.75 Å². The van der Waals surface area contributed by atoms with Crippen molar-refractivity contribution < 1.29 is 14.9 Å². The third-order valence-corrected chi connectivity index (χ3v) is 3.58. The molecule has 0 aliphatic carbocycles. The highest BCUT2D eigenvalue weighted by atomic mass is 79.9. The van der Waals surface area contributed by atoms with Crippen LogP contribution in [0.2, 0.25) is 0 Å². The van der Waals surface area contributed by atoms with E-state index in [4.69, 9.17) is 4.74 Å². The van der Waals surface area contributed by atoms with Gasteiger partial charge in [-0.3, -0.25) is 4.90 Å². The van der Waals surface area contributed by atoms with E-state index in [0.29, 0.717) is 13.1 Å². The minimum absolute atomic E-state index is 0.519. The first-order chi connectivity index (χ1) is 8.10. The summed E-state index contributed by atoms with van der Waals surface area (Å²) in [6.45, 7) is 1.76. The molecule has 0 radical (unpaired) electrons. The predicted octanol–water partition coefficient (Wildman–Crippen LogP) is 0.995. The average molecular weight is 302 g/mol. The minimum Gasteiger partial charge on any atom is -0.496 e. The Balaban J connectivity index is 2.02. The van der Waals surface area contributed by atoms with E-state index in [9.17, 15) is 10.2 Å². The van der Waals surface area contributed by atoms with Gasteiger partial charge >= 0.3 is 0 Å². The lowest BCUT2D eigenvalue weighted by atomic mass is 10.2. The van der Waals surface area contributed by atoms with Crippen LogP contribution in [-0.4, -0.2) is 47.5 Å². The number of likely N-dealkylation sites (tertiary alicyclic amines) is 1. The first-order valence-electron chi connectivity index (χ1n) is 5.51. The van der Waals surface area contributed by atoms with Crippen LogP contribution >= 0.6 is 15.9 Å². The summed E-state index contributed by atoms with van der Waals surface area (Å²) >= 11 is 3.44. The zero-order valence-corrected chi connectivity index (χ0v) is 11.2. The van der Waals surface area contributed by atoms with Crippen molar-refractivity contribution in [2.45, 2.75) is 18.8 Å². The fourth-order valence-corrected chi connectivity index (χ4v) is 2.63. The summed E-state index contributed by atoms with van der Waals surface area (Å²) < 4.78 is 6.08. The Morgan fingerprint density at radius 1 is 1.35 bits per heavy atom. The molecule has 17 heavy (non-hydrogen) atoms. The Morgan fingerprint density at radius 3 is 2.53 bits per heavy atom. The molecule has 2 rings (SSSR count). The topological polar surface area (TPSA) is 52.9 Å². The molecule has 1 saturated heterocycles. The number of aliphatic hydroxyl groups excluding tert-OH is 2. The number of hydrogen-bond acceptors (Lipinski definition) is 4. The van der Waals surface area contributed by atoms with Crippen LogP contribution in [0.4, 0.5) is 0 Å². The Hall–Kier alpha value is -0.620. The molecular weight excluding hydrogens is 286 g/mol. The molecule has 0 saturated carbocycles. The maximum absolute atomic E-state index is 9.46. The molecular formula is C12H16BrNO3. The van der Waals surface area contributed by atoms with Gasteiger partial charge in [-0.1, -0.05) is 6.07 Å². The van der Waals surface area contributed by atoms with Crippen LogP contribution in [0, 0.1) is 0 Å². The van der Waals surface area contributed by atoms with Gasteiger partial charge in [-0.2, -0.15) is 0 Å². The Morgan fingerprint density at radius 2 is 2.00 bits per heavy atom. The molecule has 1 aliphatic rings. The van der Waals surface area contributed by atoms with E-state index >= 15 is 0 Å². The van der Waals surface area contributed by atoms with Crippen molar-refractivity contribution in [2.75, 3.05) is 20.2 Å². The molecule has 4 nitrogen and oxygen atoms in total. The number of aliphatic hydroxyl groups is 2. The second-order valence-corrected chi connectivity index (χ2v) is 5.15. The summed E-state index contributed by atoms with van der Waals surface area (Å²) in [7, 11) is 1.63. The fourth-order valence-electron chi connectivity index (χ4n) is 2.04. The molecule has 1 aromatic rings. The lowest BCUT2D eigenvalue weighted by molar-refractivity contribution is 0.0572. The molecule has 1 fully saturated rings. The zero-order chi connectivity index (χ0) is 12.4. The Labute approximate surface area is 109 Å². The second kappa shape index (κ2) is 5.35. The van der Waals surface area contributed by atoms with Crippen LogP contribution in [0.5, 0.6) is 5.75 Å². The average Bonchev–Trinajstić information content (AvgIpc) is 2.58. The van der Waals surface area contributed by atoms with Crippen molar-refractivity contribution in [1.82, 2.24) is 4.90 Å². The van der Waals surface area contributed by atoms with Crippen molar-refractivity contribution in [1.29, 1.82) is 0 Å². The van der Waals surface area contributed by atoms with Gasteiger partial charge in [0, 0.05) is 19.6 Å². The molecule has 94 valence electrons. The van der Waals surface area contributed by atoms with Crippen molar-refractivity contribution >= 4 is 15.9 Å². The van der Waals surface area contributed by atoms with Crippen LogP contribution in [0.15, 0.2) is 22.7 Å². The van der Waals surface area contributed by atoms with Gasteiger partial charge in [0.15, 0.2) is 0 Å². The largest absolute Gasteiger partial charge is 0.496 e. The van der Waals surface area contributed by atoms with E-state index in [1.54, 1.807) is 7.11 Å². The van der Waals surface area contributed by atoms with E-state index in [0.717, 1.165) is 22.3 Å². The van der Waals surface area contributed by atoms with Gasteiger partial charge < -0.3 is 14.9 Å². The van der Waals surface area contributed by atoms with Gasteiger partial charge in [0.1, 0.15) is 5.75 Å². The van der Waals surface area contributed by atoms with Crippen LogP contribution in [-0.2, 0) is 6.54 Å². The summed E-state index contributed by atoms with van der Waals surface area (Å²) in [6.07, 6.45) is -1.26. The van der Waals surface area contributed by atoms with Gasteiger partial charge in [0.05, 0.1) is 23.8 Å². The van der Waals surface area contributed by atoms with E-state index in [2.05, 4.69) is 15.9 Å². The normalized spacial score (nSPS) is 25.2. The Kier molecular flexibility index (Phi) is 4.04.